The molecular formula is C34H32F6O2S2. The Morgan fingerprint density at radius 2 is 1.73 bits per heavy atom. The van der Waals surface area contributed by atoms with Crippen molar-refractivity contribution in [2.75, 3.05) is 26.6 Å². The first-order valence-corrected chi connectivity index (χ1v) is 15.6. The van der Waals surface area contributed by atoms with E-state index in [1.807, 2.05) is 43.3 Å². The third kappa shape index (κ3) is 6.27. The maximum absolute atomic E-state index is 15.7. The molecule has 2 aliphatic rings. The Bertz CT molecular complexity index is 1610. The SMILES string of the molecule is C=C(/C=C(SCC)/C(/C=C\COC)=C/C)C1=C(C2=CC(OC)SC(c3ccc4ccccc4c3)=C2)C(F)(F)C(F)(F)C1(F)F. The van der Waals surface area contributed by atoms with E-state index in [9.17, 15) is 0 Å². The standard InChI is InChI=1S/C34H32F6O2S2/c1-6-22(13-10-16-41-4)27(43-7-2)17-21(3)30-31(33(37,38)34(39,40)32(30,35)36)26-19-28(44-29(20-26)42-5)25-15-14-23-11-8-9-12-24(23)18-25/h6,8-15,17-20,29H,3,7,16H2,1-2,4-5H3/b13-10-,22-6+,27-17-. The molecule has 10 heteroatoms. The molecule has 0 saturated carbocycles. The minimum atomic E-state index is -5.70. The quantitative estimate of drug-likeness (QED) is 0.178. The second-order valence-corrected chi connectivity index (χ2v) is 12.4. The van der Waals surface area contributed by atoms with Crippen LogP contribution in [0.25, 0.3) is 15.7 Å². The van der Waals surface area contributed by atoms with Gasteiger partial charge in [-0.2, -0.15) is 26.3 Å². The van der Waals surface area contributed by atoms with Gasteiger partial charge in [0, 0.05) is 35.2 Å². The van der Waals surface area contributed by atoms with Gasteiger partial charge in [-0.15, -0.1) is 11.8 Å². The number of hydrogen-bond donors (Lipinski definition) is 0. The van der Waals surface area contributed by atoms with Crippen LogP contribution in [0.5, 0.6) is 0 Å². The lowest BCUT2D eigenvalue weighted by atomic mass is 9.93. The Morgan fingerprint density at radius 3 is 2.36 bits per heavy atom. The molecule has 0 bridgehead atoms. The molecule has 44 heavy (non-hydrogen) atoms. The maximum atomic E-state index is 15.7. The van der Waals surface area contributed by atoms with Gasteiger partial charge in [0.25, 0.3) is 0 Å². The minimum absolute atomic E-state index is 0.271. The van der Waals surface area contributed by atoms with E-state index in [2.05, 4.69) is 6.58 Å². The third-order valence-corrected chi connectivity index (χ3v) is 9.27. The van der Waals surface area contributed by atoms with Crippen molar-refractivity contribution < 1.29 is 35.8 Å². The molecule has 0 amide bonds. The van der Waals surface area contributed by atoms with Crippen molar-refractivity contribution in [1.82, 2.24) is 0 Å². The zero-order valence-corrected chi connectivity index (χ0v) is 26.2. The number of halogens is 6. The van der Waals surface area contributed by atoms with Crippen molar-refractivity contribution in [1.29, 1.82) is 0 Å². The zero-order chi connectivity index (χ0) is 32.3. The molecule has 2 aromatic carbocycles. The summed E-state index contributed by atoms with van der Waals surface area (Å²) in [6, 6.07) is 12.9. The Kier molecular flexibility index (Phi) is 10.5. The minimum Gasteiger partial charge on any atom is -0.381 e. The Labute approximate surface area is 261 Å². The number of hydrogen-bond acceptors (Lipinski definition) is 4. The normalized spacial score (nSPS) is 21.6. The van der Waals surface area contributed by atoms with Gasteiger partial charge in [0.2, 0.25) is 0 Å². The van der Waals surface area contributed by atoms with E-state index >= 15 is 26.3 Å². The summed E-state index contributed by atoms with van der Waals surface area (Å²) in [5.74, 6) is -15.6. The van der Waals surface area contributed by atoms with E-state index in [1.54, 1.807) is 31.2 Å². The molecule has 1 aliphatic carbocycles. The van der Waals surface area contributed by atoms with Crippen LogP contribution in [0.2, 0.25) is 0 Å². The first-order chi connectivity index (χ1) is 20.8. The number of benzene rings is 2. The number of ether oxygens (including phenoxy) is 2. The summed E-state index contributed by atoms with van der Waals surface area (Å²) in [6.45, 7) is 7.44. The van der Waals surface area contributed by atoms with Crippen LogP contribution in [0, 0.1) is 0 Å². The van der Waals surface area contributed by atoms with Gasteiger partial charge in [0.15, 0.2) is 0 Å². The van der Waals surface area contributed by atoms with Crippen LogP contribution >= 0.6 is 23.5 Å². The summed E-state index contributed by atoms with van der Waals surface area (Å²) in [7, 11) is 2.83. The number of alkyl halides is 6. The molecule has 1 atom stereocenters. The molecule has 2 aromatic rings. The highest BCUT2D eigenvalue weighted by Crippen LogP contribution is 2.63. The molecule has 1 heterocycles. The van der Waals surface area contributed by atoms with Crippen molar-refractivity contribution in [2.45, 2.75) is 37.1 Å². The monoisotopic (exact) mass is 650 g/mol. The van der Waals surface area contributed by atoms with Crippen molar-refractivity contribution >= 4 is 39.2 Å². The number of rotatable bonds is 11. The summed E-state index contributed by atoms with van der Waals surface area (Å²) >= 11 is 2.40. The van der Waals surface area contributed by atoms with Gasteiger partial charge in [0.1, 0.15) is 5.44 Å². The van der Waals surface area contributed by atoms with E-state index in [1.165, 1.54) is 44.2 Å². The fourth-order valence-electron chi connectivity index (χ4n) is 4.99. The lowest BCUT2D eigenvalue weighted by molar-refractivity contribution is -0.263. The van der Waals surface area contributed by atoms with Crippen molar-refractivity contribution in [2.24, 2.45) is 0 Å². The van der Waals surface area contributed by atoms with Crippen molar-refractivity contribution in [3.63, 3.8) is 0 Å². The van der Waals surface area contributed by atoms with Gasteiger partial charge in [-0.1, -0.05) is 79.9 Å². The highest BCUT2D eigenvalue weighted by atomic mass is 32.2. The van der Waals surface area contributed by atoms with Gasteiger partial charge in [0.05, 0.1) is 6.61 Å². The lowest BCUT2D eigenvalue weighted by Gasteiger charge is -2.27. The van der Waals surface area contributed by atoms with E-state index < -0.39 is 45.5 Å². The Hall–Kier alpha value is -2.92. The van der Waals surface area contributed by atoms with Gasteiger partial charge in [-0.05, 0) is 70.0 Å². The lowest BCUT2D eigenvalue weighted by Crippen LogP contribution is -2.49. The van der Waals surface area contributed by atoms with Crippen LogP contribution in [0.4, 0.5) is 26.3 Å². The molecular weight excluding hydrogens is 618 g/mol. The van der Waals surface area contributed by atoms with Crippen LogP contribution in [0.3, 0.4) is 0 Å². The molecule has 0 saturated heterocycles. The number of allylic oxidation sites excluding steroid dienone is 9. The Balaban J connectivity index is 1.93. The molecule has 234 valence electrons. The van der Waals surface area contributed by atoms with Gasteiger partial charge in [-0.25, -0.2) is 0 Å². The first kappa shape index (κ1) is 34.0. The Morgan fingerprint density at radius 1 is 1.02 bits per heavy atom. The van der Waals surface area contributed by atoms with Crippen LogP contribution < -0.4 is 0 Å². The van der Waals surface area contributed by atoms with Crippen LogP contribution in [-0.4, -0.2) is 49.8 Å². The molecule has 0 fully saturated rings. The van der Waals surface area contributed by atoms with Gasteiger partial charge in [-0.3, -0.25) is 0 Å². The fraction of sp³-hybridized carbons (Fsp3) is 0.294. The predicted octanol–water partition coefficient (Wildman–Crippen LogP) is 10.4. The summed E-state index contributed by atoms with van der Waals surface area (Å²) in [6.07, 6.45) is 8.64. The second-order valence-electron chi connectivity index (χ2n) is 9.96. The molecule has 2 nitrogen and oxygen atoms in total. The maximum Gasteiger partial charge on any atom is 0.380 e. The molecule has 1 aliphatic heterocycles. The molecule has 0 radical (unpaired) electrons. The predicted molar refractivity (Wildman–Crippen MR) is 170 cm³/mol. The molecule has 0 aromatic heterocycles. The van der Waals surface area contributed by atoms with Gasteiger partial charge < -0.3 is 9.47 Å². The second kappa shape index (κ2) is 13.6. The van der Waals surface area contributed by atoms with E-state index in [-0.39, 0.29) is 6.61 Å². The van der Waals surface area contributed by atoms with E-state index in [0.29, 0.717) is 26.7 Å². The highest BCUT2D eigenvalue weighted by Gasteiger charge is 2.80. The summed E-state index contributed by atoms with van der Waals surface area (Å²) in [4.78, 5) is 0.813. The first-order valence-electron chi connectivity index (χ1n) is 13.7. The van der Waals surface area contributed by atoms with Crippen LogP contribution in [0.1, 0.15) is 19.4 Å². The zero-order valence-electron chi connectivity index (χ0n) is 24.6. The van der Waals surface area contributed by atoms with Crippen LogP contribution in [-0.2, 0) is 9.47 Å². The average Bonchev–Trinajstić information content (AvgIpc) is 3.11. The molecule has 4 rings (SSSR count). The topological polar surface area (TPSA) is 18.5 Å². The van der Waals surface area contributed by atoms with Crippen LogP contribution in [0.15, 0.2) is 118 Å². The van der Waals surface area contributed by atoms with Crippen molar-refractivity contribution in [3.8, 4) is 0 Å². The number of thioether (sulfide) groups is 2. The fourth-order valence-corrected chi connectivity index (χ4v) is 6.90. The van der Waals surface area contributed by atoms with Crippen molar-refractivity contribution in [3.05, 3.63) is 124 Å². The van der Waals surface area contributed by atoms with Gasteiger partial charge >= 0.3 is 17.8 Å². The third-order valence-electron chi connectivity index (χ3n) is 7.15. The van der Waals surface area contributed by atoms with E-state index in [0.717, 1.165) is 22.5 Å². The number of fused-ring (bicyclic) bond motifs is 1. The van der Waals surface area contributed by atoms with E-state index in [4.69, 9.17) is 9.47 Å². The average molecular weight is 651 g/mol. The summed E-state index contributed by atoms with van der Waals surface area (Å²) in [5, 5.41) is 1.80. The smallest absolute Gasteiger partial charge is 0.380 e. The molecule has 1 unspecified atom stereocenters. The summed E-state index contributed by atoms with van der Waals surface area (Å²) in [5.41, 5.74) is -3.80. The molecule has 0 spiro atoms. The number of methoxy groups -OCH3 is 2. The highest BCUT2D eigenvalue weighted by molar-refractivity contribution is 8.08. The molecule has 0 N–H and O–H groups in total. The summed E-state index contributed by atoms with van der Waals surface area (Å²) < 4.78 is 103. The largest absolute Gasteiger partial charge is 0.381 e.